The summed E-state index contributed by atoms with van der Waals surface area (Å²) in [7, 11) is 0. The van der Waals surface area contributed by atoms with Crippen molar-refractivity contribution in [2.75, 3.05) is 0 Å². The third kappa shape index (κ3) is 7.90. The van der Waals surface area contributed by atoms with Gasteiger partial charge in [-0.3, -0.25) is 4.79 Å². The molecule has 0 rings (SSSR count). The highest BCUT2D eigenvalue weighted by Gasteiger charge is 2.18. The van der Waals surface area contributed by atoms with E-state index < -0.39 is 0 Å². The molecule has 0 aliphatic heterocycles. The monoisotopic (exact) mass is 226 g/mol. The summed E-state index contributed by atoms with van der Waals surface area (Å²) in [6, 6.07) is 0. The van der Waals surface area contributed by atoms with Crippen molar-refractivity contribution in [3.8, 4) is 0 Å². The second-order valence-electron chi connectivity index (χ2n) is 6.50. The summed E-state index contributed by atoms with van der Waals surface area (Å²) in [5.74, 6) is 1.60. The number of Topliss-reactive ketones (excluding diaryl/α,β-unsaturated/α-hetero) is 1. The molecule has 0 radical (unpaired) electrons. The Morgan fingerprint density at radius 2 is 1.56 bits per heavy atom. The van der Waals surface area contributed by atoms with Gasteiger partial charge in [-0.15, -0.1) is 0 Å². The number of carbonyl (C=O) groups is 1. The Hall–Kier alpha value is -0.330. The van der Waals surface area contributed by atoms with Crippen LogP contribution in [0.4, 0.5) is 0 Å². The smallest absolute Gasteiger partial charge is 0.133 e. The largest absolute Gasteiger partial charge is 0.300 e. The minimum atomic E-state index is 0.342. The lowest BCUT2D eigenvalue weighted by Gasteiger charge is -2.23. The molecular formula is C15H30O. The summed E-state index contributed by atoms with van der Waals surface area (Å²) < 4.78 is 0. The summed E-state index contributed by atoms with van der Waals surface area (Å²) in [4.78, 5) is 11.9. The van der Waals surface area contributed by atoms with Gasteiger partial charge < -0.3 is 0 Å². The van der Waals surface area contributed by atoms with Crippen molar-refractivity contribution >= 4 is 5.78 Å². The predicted molar refractivity (Wildman–Crippen MR) is 71.5 cm³/mol. The van der Waals surface area contributed by atoms with Crippen LogP contribution in [0.3, 0.4) is 0 Å². The zero-order valence-corrected chi connectivity index (χ0v) is 12.1. The molecule has 0 heterocycles. The van der Waals surface area contributed by atoms with Gasteiger partial charge in [0.25, 0.3) is 0 Å². The van der Waals surface area contributed by atoms with E-state index in [1.807, 2.05) is 0 Å². The normalized spacial score (nSPS) is 14.2. The number of hydrogen-bond acceptors (Lipinski definition) is 1. The van der Waals surface area contributed by atoms with Crippen LogP contribution >= 0.6 is 0 Å². The Morgan fingerprint density at radius 3 is 1.94 bits per heavy atom. The molecule has 1 atom stereocenters. The van der Waals surface area contributed by atoms with Crippen LogP contribution in [0.5, 0.6) is 0 Å². The first-order valence-electron chi connectivity index (χ1n) is 6.80. The minimum Gasteiger partial charge on any atom is -0.300 e. The van der Waals surface area contributed by atoms with Gasteiger partial charge in [0.1, 0.15) is 5.78 Å². The van der Waals surface area contributed by atoms with E-state index in [1.165, 1.54) is 0 Å². The molecule has 1 unspecified atom stereocenters. The zero-order valence-electron chi connectivity index (χ0n) is 12.1. The third-order valence-corrected chi connectivity index (χ3v) is 3.21. The highest BCUT2D eigenvalue weighted by atomic mass is 16.1. The van der Waals surface area contributed by atoms with Gasteiger partial charge in [-0.05, 0) is 23.7 Å². The van der Waals surface area contributed by atoms with Gasteiger partial charge in [0.15, 0.2) is 0 Å². The Morgan fingerprint density at radius 1 is 1.06 bits per heavy atom. The van der Waals surface area contributed by atoms with Gasteiger partial charge in [-0.2, -0.15) is 0 Å². The molecule has 96 valence electrons. The summed E-state index contributed by atoms with van der Waals surface area (Å²) in [6.45, 7) is 13.3. The van der Waals surface area contributed by atoms with Crippen LogP contribution in [0.15, 0.2) is 0 Å². The van der Waals surface area contributed by atoms with Crippen molar-refractivity contribution in [1.29, 1.82) is 0 Å². The predicted octanol–water partition coefficient (Wildman–Crippen LogP) is 4.84. The second kappa shape index (κ2) is 7.09. The Balaban J connectivity index is 3.95. The van der Waals surface area contributed by atoms with Crippen molar-refractivity contribution in [3.05, 3.63) is 0 Å². The molecule has 0 aliphatic rings. The minimum absolute atomic E-state index is 0.342. The Kier molecular flexibility index (Phi) is 6.94. The number of carbonyl (C=O) groups excluding carboxylic acids is 1. The lowest BCUT2D eigenvalue weighted by atomic mass is 9.82. The standard InChI is InChI=1S/C15H30O/c1-7-13(8-2)10-14(16)9-12(3)11-15(4,5)6/h12-13H,7-11H2,1-6H3. The van der Waals surface area contributed by atoms with Crippen LogP contribution in [-0.2, 0) is 4.79 Å². The molecule has 0 aromatic heterocycles. The highest BCUT2D eigenvalue weighted by Crippen LogP contribution is 2.27. The lowest BCUT2D eigenvalue weighted by Crippen LogP contribution is -2.16. The average molecular weight is 226 g/mol. The summed E-state index contributed by atoms with van der Waals surface area (Å²) in [5, 5.41) is 0. The summed E-state index contributed by atoms with van der Waals surface area (Å²) in [6.07, 6.45) is 4.97. The topological polar surface area (TPSA) is 17.1 Å². The van der Waals surface area contributed by atoms with Crippen LogP contribution in [0.25, 0.3) is 0 Å². The first-order chi connectivity index (χ1) is 7.28. The summed E-state index contributed by atoms with van der Waals surface area (Å²) >= 11 is 0. The van der Waals surface area contributed by atoms with Crippen molar-refractivity contribution in [1.82, 2.24) is 0 Å². The Bertz CT molecular complexity index is 196. The highest BCUT2D eigenvalue weighted by molar-refractivity contribution is 5.78. The van der Waals surface area contributed by atoms with Crippen molar-refractivity contribution in [3.63, 3.8) is 0 Å². The van der Waals surface area contributed by atoms with E-state index in [2.05, 4.69) is 41.5 Å². The quantitative estimate of drug-likeness (QED) is 0.607. The fourth-order valence-electron chi connectivity index (χ4n) is 2.49. The molecule has 0 aliphatic carbocycles. The maximum Gasteiger partial charge on any atom is 0.133 e. The first kappa shape index (κ1) is 15.7. The van der Waals surface area contributed by atoms with E-state index in [0.29, 0.717) is 23.0 Å². The molecule has 0 spiro atoms. The van der Waals surface area contributed by atoms with E-state index in [0.717, 1.165) is 32.1 Å². The molecule has 0 aromatic rings. The van der Waals surface area contributed by atoms with E-state index in [-0.39, 0.29) is 0 Å². The number of ketones is 1. The van der Waals surface area contributed by atoms with Gasteiger partial charge in [-0.1, -0.05) is 54.4 Å². The molecular weight excluding hydrogens is 196 g/mol. The van der Waals surface area contributed by atoms with Crippen LogP contribution in [-0.4, -0.2) is 5.78 Å². The SMILES string of the molecule is CCC(CC)CC(=O)CC(C)CC(C)(C)C. The van der Waals surface area contributed by atoms with E-state index in [1.54, 1.807) is 0 Å². The number of hydrogen-bond donors (Lipinski definition) is 0. The third-order valence-electron chi connectivity index (χ3n) is 3.21. The molecule has 16 heavy (non-hydrogen) atoms. The Labute approximate surface area is 102 Å². The van der Waals surface area contributed by atoms with E-state index >= 15 is 0 Å². The molecule has 0 saturated heterocycles. The van der Waals surface area contributed by atoms with Crippen LogP contribution in [0.1, 0.15) is 73.6 Å². The number of rotatable bonds is 7. The van der Waals surface area contributed by atoms with Gasteiger partial charge in [-0.25, -0.2) is 0 Å². The van der Waals surface area contributed by atoms with Crippen molar-refractivity contribution in [2.45, 2.75) is 73.6 Å². The lowest BCUT2D eigenvalue weighted by molar-refractivity contribution is -0.121. The maximum absolute atomic E-state index is 11.9. The molecule has 0 fully saturated rings. The molecule has 1 heteroatoms. The summed E-state index contributed by atoms with van der Waals surface area (Å²) in [5.41, 5.74) is 0.342. The second-order valence-corrected chi connectivity index (χ2v) is 6.50. The zero-order chi connectivity index (χ0) is 12.8. The van der Waals surface area contributed by atoms with Crippen LogP contribution in [0, 0.1) is 17.3 Å². The van der Waals surface area contributed by atoms with E-state index in [9.17, 15) is 4.79 Å². The molecule has 0 bridgehead atoms. The maximum atomic E-state index is 11.9. The molecule has 1 nitrogen and oxygen atoms in total. The van der Waals surface area contributed by atoms with Gasteiger partial charge in [0.2, 0.25) is 0 Å². The van der Waals surface area contributed by atoms with E-state index in [4.69, 9.17) is 0 Å². The van der Waals surface area contributed by atoms with Gasteiger partial charge >= 0.3 is 0 Å². The van der Waals surface area contributed by atoms with Crippen molar-refractivity contribution < 1.29 is 4.79 Å². The fraction of sp³-hybridized carbons (Fsp3) is 0.933. The molecule has 0 N–H and O–H groups in total. The van der Waals surface area contributed by atoms with Crippen molar-refractivity contribution in [2.24, 2.45) is 17.3 Å². The fourth-order valence-corrected chi connectivity index (χ4v) is 2.49. The van der Waals surface area contributed by atoms with Crippen LogP contribution < -0.4 is 0 Å². The average Bonchev–Trinajstić information content (AvgIpc) is 2.10. The van der Waals surface area contributed by atoms with Gasteiger partial charge in [0, 0.05) is 12.8 Å². The molecule has 0 amide bonds. The first-order valence-corrected chi connectivity index (χ1v) is 6.80. The molecule has 0 saturated carbocycles. The van der Waals surface area contributed by atoms with Crippen LogP contribution in [0.2, 0.25) is 0 Å². The molecule has 0 aromatic carbocycles. The van der Waals surface area contributed by atoms with Gasteiger partial charge in [0.05, 0.1) is 0 Å².